The minimum Gasteiger partial charge on any atom is -0.393 e. The lowest BCUT2D eigenvalue weighted by atomic mass is 9.59. The summed E-state index contributed by atoms with van der Waals surface area (Å²) < 4.78 is 0. The zero-order valence-corrected chi connectivity index (χ0v) is 12.6. The number of fused-ring (bicyclic) bond motifs is 2. The fourth-order valence-corrected chi connectivity index (χ4v) is 5.79. The molecular weight excluding hydrogens is 220 g/mol. The van der Waals surface area contributed by atoms with Gasteiger partial charge in [-0.1, -0.05) is 34.1 Å². The van der Waals surface area contributed by atoms with Crippen molar-refractivity contribution in [3.05, 3.63) is 0 Å². The van der Waals surface area contributed by atoms with Crippen molar-refractivity contribution in [1.29, 1.82) is 0 Å². The molecule has 104 valence electrons. The molecule has 6 atom stereocenters. The summed E-state index contributed by atoms with van der Waals surface area (Å²) >= 11 is 0. The summed E-state index contributed by atoms with van der Waals surface area (Å²) in [4.78, 5) is 0. The van der Waals surface area contributed by atoms with Crippen molar-refractivity contribution in [2.45, 2.75) is 72.3 Å². The molecule has 3 aliphatic rings. The van der Waals surface area contributed by atoms with E-state index in [1.54, 1.807) is 0 Å². The summed E-state index contributed by atoms with van der Waals surface area (Å²) in [5.74, 6) is 2.80. The molecule has 0 saturated heterocycles. The maximum Gasteiger partial charge on any atom is 0.0596 e. The number of aliphatic hydroxyl groups excluding tert-OH is 1. The summed E-state index contributed by atoms with van der Waals surface area (Å²) in [6.45, 7) is 9.75. The van der Waals surface area contributed by atoms with Crippen LogP contribution in [0.5, 0.6) is 0 Å². The fraction of sp³-hybridized carbons (Fsp3) is 1.00. The van der Waals surface area contributed by atoms with Gasteiger partial charge in [0, 0.05) is 0 Å². The molecule has 0 radical (unpaired) electrons. The fourth-order valence-electron chi connectivity index (χ4n) is 5.79. The minimum atomic E-state index is -0.0317. The predicted molar refractivity (Wildman–Crippen MR) is 75.2 cm³/mol. The van der Waals surface area contributed by atoms with Gasteiger partial charge in [0.05, 0.1) is 6.10 Å². The SMILES string of the molecule is C[C@@H]1CCC[C@H]([C@H]2C[C@@H]3CC[C@@]2(C)C3(C)C)[C@@H]1O. The van der Waals surface area contributed by atoms with Gasteiger partial charge in [0.2, 0.25) is 0 Å². The average molecular weight is 250 g/mol. The van der Waals surface area contributed by atoms with Gasteiger partial charge in [0.1, 0.15) is 0 Å². The molecule has 0 aromatic rings. The predicted octanol–water partition coefficient (Wildman–Crippen LogP) is 4.25. The zero-order chi connectivity index (χ0) is 13.1. The molecule has 3 rings (SSSR count). The van der Waals surface area contributed by atoms with E-state index in [1.807, 2.05) is 0 Å². The standard InChI is InChI=1S/C17H30O/c1-11-6-5-7-13(15(11)18)14-10-12-8-9-17(14,4)16(12,2)3/h11-15,18H,5-10H2,1-4H3/t11-,12+,13-,14-,15-,17-/m1/s1. The van der Waals surface area contributed by atoms with E-state index in [9.17, 15) is 5.11 Å². The molecule has 3 fully saturated rings. The number of aliphatic hydroxyl groups is 1. The van der Waals surface area contributed by atoms with Gasteiger partial charge in [-0.25, -0.2) is 0 Å². The first-order valence-corrected chi connectivity index (χ1v) is 8.06. The van der Waals surface area contributed by atoms with Gasteiger partial charge >= 0.3 is 0 Å². The van der Waals surface area contributed by atoms with Gasteiger partial charge < -0.3 is 5.11 Å². The molecule has 0 spiro atoms. The Kier molecular flexibility index (Phi) is 2.86. The highest BCUT2D eigenvalue weighted by molar-refractivity contribution is 5.12. The van der Waals surface area contributed by atoms with E-state index in [4.69, 9.17) is 0 Å². The van der Waals surface area contributed by atoms with E-state index in [1.165, 1.54) is 38.5 Å². The van der Waals surface area contributed by atoms with Crippen LogP contribution in [-0.4, -0.2) is 11.2 Å². The quantitative estimate of drug-likeness (QED) is 0.738. The molecule has 3 saturated carbocycles. The van der Waals surface area contributed by atoms with Crippen LogP contribution in [0, 0.1) is 34.5 Å². The average Bonchev–Trinajstić information content (AvgIpc) is 2.65. The van der Waals surface area contributed by atoms with E-state index in [2.05, 4.69) is 27.7 Å². The Bertz CT molecular complexity index is 335. The molecule has 18 heavy (non-hydrogen) atoms. The molecule has 2 bridgehead atoms. The third kappa shape index (κ3) is 1.49. The van der Waals surface area contributed by atoms with E-state index < -0.39 is 0 Å². The second-order valence-electron chi connectivity index (χ2n) is 8.28. The van der Waals surface area contributed by atoms with Gasteiger partial charge in [-0.15, -0.1) is 0 Å². The lowest BCUT2D eigenvalue weighted by Gasteiger charge is -2.46. The van der Waals surface area contributed by atoms with Crippen molar-refractivity contribution < 1.29 is 5.11 Å². The molecule has 0 aromatic heterocycles. The number of hydrogen-bond acceptors (Lipinski definition) is 1. The molecule has 0 amide bonds. The van der Waals surface area contributed by atoms with Crippen LogP contribution in [-0.2, 0) is 0 Å². The molecule has 1 nitrogen and oxygen atoms in total. The van der Waals surface area contributed by atoms with Gasteiger partial charge in [-0.2, -0.15) is 0 Å². The summed E-state index contributed by atoms with van der Waals surface area (Å²) in [7, 11) is 0. The molecule has 0 unspecified atom stereocenters. The normalized spacial score (nSPS) is 54.8. The third-order valence-corrected chi connectivity index (χ3v) is 7.60. The smallest absolute Gasteiger partial charge is 0.0596 e. The highest BCUT2D eigenvalue weighted by Gasteiger charge is 2.63. The van der Waals surface area contributed by atoms with Crippen LogP contribution < -0.4 is 0 Å². The first kappa shape index (κ1) is 13.0. The lowest BCUT2D eigenvalue weighted by molar-refractivity contribution is -0.0455. The maximum absolute atomic E-state index is 10.6. The molecule has 0 heterocycles. The van der Waals surface area contributed by atoms with Gasteiger partial charge in [-0.3, -0.25) is 0 Å². The van der Waals surface area contributed by atoms with Gasteiger partial charge in [0.15, 0.2) is 0 Å². The second kappa shape index (κ2) is 3.98. The van der Waals surface area contributed by atoms with Crippen LogP contribution in [0.3, 0.4) is 0 Å². The monoisotopic (exact) mass is 250 g/mol. The first-order chi connectivity index (χ1) is 8.38. The molecule has 0 aromatic carbocycles. The van der Waals surface area contributed by atoms with Crippen molar-refractivity contribution in [2.24, 2.45) is 34.5 Å². The van der Waals surface area contributed by atoms with Crippen molar-refractivity contribution in [3.63, 3.8) is 0 Å². The zero-order valence-electron chi connectivity index (χ0n) is 12.6. The summed E-state index contributed by atoms with van der Waals surface area (Å²) in [6.07, 6.45) is 8.02. The summed E-state index contributed by atoms with van der Waals surface area (Å²) in [5, 5.41) is 10.6. The molecule has 0 aliphatic heterocycles. The first-order valence-electron chi connectivity index (χ1n) is 8.06. The minimum absolute atomic E-state index is 0.0317. The van der Waals surface area contributed by atoms with Crippen LogP contribution in [0.15, 0.2) is 0 Å². The Hall–Kier alpha value is -0.0400. The van der Waals surface area contributed by atoms with Crippen LogP contribution in [0.2, 0.25) is 0 Å². The molecule has 1 heteroatoms. The highest BCUT2D eigenvalue weighted by Crippen LogP contribution is 2.70. The van der Waals surface area contributed by atoms with Crippen LogP contribution in [0.25, 0.3) is 0 Å². The number of hydrogen-bond donors (Lipinski definition) is 1. The number of rotatable bonds is 1. The Morgan fingerprint density at radius 2 is 1.78 bits per heavy atom. The van der Waals surface area contributed by atoms with Crippen LogP contribution in [0.4, 0.5) is 0 Å². The van der Waals surface area contributed by atoms with Crippen LogP contribution in [0.1, 0.15) is 66.2 Å². The molecule has 1 N–H and O–H groups in total. The largest absolute Gasteiger partial charge is 0.393 e. The van der Waals surface area contributed by atoms with E-state index in [0.717, 1.165) is 11.8 Å². The second-order valence-corrected chi connectivity index (χ2v) is 8.28. The molecular formula is C17H30O. The van der Waals surface area contributed by atoms with Crippen molar-refractivity contribution in [3.8, 4) is 0 Å². The summed E-state index contributed by atoms with van der Waals surface area (Å²) in [5.41, 5.74) is 0.985. The van der Waals surface area contributed by atoms with E-state index >= 15 is 0 Å². The highest BCUT2D eigenvalue weighted by atomic mass is 16.3. The summed E-state index contributed by atoms with van der Waals surface area (Å²) in [6, 6.07) is 0. The van der Waals surface area contributed by atoms with Crippen LogP contribution >= 0.6 is 0 Å². The molecule has 3 aliphatic carbocycles. The Balaban J connectivity index is 1.86. The van der Waals surface area contributed by atoms with E-state index in [0.29, 0.717) is 22.7 Å². The van der Waals surface area contributed by atoms with Crippen molar-refractivity contribution in [1.82, 2.24) is 0 Å². The van der Waals surface area contributed by atoms with Crippen molar-refractivity contribution in [2.75, 3.05) is 0 Å². The Morgan fingerprint density at radius 1 is 1.06 bits per heavy atom. The van der Waals surface area contributed by atoms with E-state index in [-0.39, 0.29) is 6.10 Å². The maximum atomic E-state index is 10.6. The topological polar surface area (TPSA) is 20.2 Å². The van der Waals surface area contributed by atoms with Gasteiger partial charge in [-0.05, 0) is 66.6 Å². The van der Waals surface area contributed by atoms with Crippen molar-refractivity contribution >= 4 is 0 Å². The lowest BCUT2D eigenvalue weighted by Crippen LogP contribution is -2.43. The third-order valence-electron chi connectivity index (χ3n) is 7.60. The Labute approximate surface area is 112 Å². The van der Waals surface area contributed by atoms with Gasteiger partial charge in [0.25, 0.3) is 0 Å². The Morgan fingerprint density at radius 3 is 2.33 bits per heavy atom.